The summed E-state index contributed by atoms with van der Waals surface area (Å²) in [5.74, 6) is -0.625. The second-order valence-electron chi connectivity index (χ2n) is 4.71. The number of hydrogen-bond donors (Lipinski definition) is 2. The van der Waals surface area contributed by atoms with Crippen molar-refractivity contribution in [2.24, 2.45) is 17.4 Å². The van der Waals surface area contributed by atoms with Crippen molar-refractivity contribution in [2.75, 3.05) is 18.0 Å². The number of carbonyl (C=O) groups excluding carboxylic acids is 1. The molecule has 1 aromatic heterocycles. The highest BCUT2D eigenvalue weighted by Gasteiger charge is 2.24. The molecule has 4 N–H and O–H groups in total. The van der Waals surface area contributed by atoms with E-state index in [1.807, 2.05) is 6.92 Å². The topological polar surface area (TPSA) is 122 Å². The maximum Gasteiger partial charge on any atom is 0.252 e. The molecule has 1 amide bonds. The van der Waals surface area contributed by atoms with Gasteiger partial charge in [-0.25, -0.2) is 0 Å². The smallest absolute Gasteiger partial charge is 0.252 e. The van der Waals surface area contributed by atoms with Crippen molar-refractivity contribution in [3.05, 3.63) is 23.7 Å². The van der Waals surface area contributed by atoms with Crippen molar-refractivity contribution in [2.45, 2.75) is 13.3 Å². The fraction of sp³-hybridized carbons (Fsp3) is 0.385. The van der Waals surface area contributed by atoms with Gasteiger partial charge in [-0.15, -0.1) is 5.10 Å². The average molecular weight is 272 g/mol. The molecule has 7 nitrogen and oxygen atoms in total. The summed E-state index contributed by atoms with van der Waals surface area (Å²) in [5.41, 5.74) is 12.7. The van der Waals surface area contributed by atoms with E-state index >= 15 is 0 Å². The molecule has 0 unspecified atom stereocenters. The minimum absolute atomic E-state index is 0.0201. The second kappa shape index (κ2) is 5.57. The molecule has 1 fully saturated rings. The predicted molar refractivity (Wildman–Crippen MR) is 74.1 cm³/mol. The first-order valence-electron chi connectivity index (χ1n) is 6.27. The zero-order chi connectivity index (χ0) is 14.7. The summed E-state index contributed by atoms with van der Waals surface area (Å²) in [7, 11) is 0. The number of rotatable bonds is 3. The Hall–Kier alpha value is -2.62. The number of aryl methyl sites for hydroxylation is 1. The minimum Gasteiger partial charge on any atom is -0.404 e. The summed E-state index contributed by atoms with van der Waals surface area (Å²) in [5, 5.41) is 17.0. The lowest BCUT2D eigenvalue weighted by atomic mass is 10.1. The maximum atomic E-state index is 11.3. The van der Waals surface area contributed by atoms with E-state index in [9.17, 15) is 4.79 Å². The average Bonchev–Trinajstić information content (AvgIpc) is 2.89. The Kier molecular flexibility index (Phi) is 3.84. The Bertz CT molecular complexity index is 603. The van der Waals surface area contributed by atoms with E-state index in [2.05, 4.69) is 21.2 Å². The highest BCUT2D eigenvalue weighted by molar-refractivity contribution is 6.18. The fourth-order valence-corrected chi connectivity index (χ4v) is 2.27. The first kappa shape index (κ1) is 13.8. The molecule has 2 rings (SSSR count). The zero-order valence-corrected chi connectivity index (χ0v) is 11.2. The van der Waals surface area contributed by atoms with Crippen LogP contribution in [0, 0.1) is 24.2 Å². The highest BCUT2D eigenvalue weighted by Crippen LogP contribution is 2.27. The van der Waals surface area contributed by atoms with E-state index in [-0.39, 0.29) is 11.5 Å². The Labute approximate surface area is 116 Å². The normalized spacial score (nSPS) is 18.9. The van der Waals surface area contributed by atoms with Crippen molar-refractivity contribution >= 4 is 17.2 Å². The lowest BCUT2D eigenvalue weighted by Gasteiger charge is -2.20. The third-order valence-electron chi connectivity index (χ3n) is 3.37. The van der Waals surface area contributed by atoms with Gasteiger partial charge >= 0.3 is 0 Å². The molecule has 0 aliphatic carbocycles. The molecule has 2 heterocycles. The van der Waals surface area contributed by atoms with Crippen LogP contribution in [0.5, 0.6) is 0 Å². The molecule has 20 heavy (non-hydrogen) atoms. The third kappa shape index (κ3) is 2.54. The van der Waals surface area contributed by atoms with Crippen LogP contribution in [0.15, 0.2) is 12.3 Å². The van der Waals surface area contributed by atoms with Crippen LogP contribution in [0.25, 0.3) is 5.57 Å². The summed E-state index contributed by atoms with van der Waals surface area (Å²) in [6.45, 7) is 3.27. The van der Waals surface area contributed by atoms with E-state index in [1.54, 1.807) is 6.07 Å². The quantitative estimate of drug-likeness (QED) is 0.742. The van der Waals surface area contributed by atoms with E-state index < -0.39 is 5.91 Å². The maximum absolute atomic E-state index is 11.3. The number of carbonyl (C=O) groups is 1. The summed E-state index contributed by atoms with van der Waals surface area (Å²) >= 11 is 0. The molecule has 0 saturated carbocycles. The molecule has 1 saturated heterocycles. The number of primary amides is 1. The van der Waals surface area contributed by atoms with E-state index in [1.165, 1.54) is 0 Å². The van der Waals surface area contributed by atoms with Crippen molar-refractivity contribution in [3.63, 3.8) is 0 Å². The molecule has 1 aliphatic heterocycles. The molecule has 0 aromatic carbocycles. The molecule has 0 radical (unpaired) electrons. The summed E-state index contributed by atoms with van der Waals surface area (Å²) in [6, 6.07) is 4.01. The lowest BCUT2D eigenvalue weighted by Crippen LogP contribution is -2.22. The molecular formula is C13H16N6O. The van der Waals surface area contributed by atoms with E-state index in [0.717, 1.165) is 30.5 Å². The molecular weight excluding hydrogens is 256 g/mol. The van der Waals surface area contributed by atoms with Gasteiger partial charge in [0.15, 0.2) is 0 Å². The van der Waals surface area contributed by atoms with Crippen molar-refractivity contribution < 1.29 is 4.79 Å². The number of nitriles is 1. The van der Waals surface area contributed by atoms with E-state index in [0.29, 0.717) is 12.2 Å². The summed E-state index contributed by atoms with van der Waals surface area (Å²) < 4.78 is 0. The van der Waals surface area contributed by atoms with Gasteiger partial charge < -0.3 is 16.4 Å². The Morgan fingerprint density at radius 1 is 1.60 bits per heavy atom. The van der Waals surface area contributed by atoms with Gasteiger partial charge in [-0.05, 0) is 19.4 Å². The SMILES string of the molecule is Cc1nnc(/C(=C/N)C(N)=O)cc1N1CC[C@H](C#N)C1. The van der Waals surface area contributed by atoms with Gasteiger partial charge in [0.25, 0.3) is 5.91 Å². The number of hydrogen-bond acceptors (Lipinski definition) is 6. The molecule has 7 heteroatoms. The lowest BCUT2D eigenvalue weighted by molar-refractivity contribution is -0.112. The van der Waals surface area contributed by atoms with Crippen molar-refractivity contribution in [1.82, 2.24) is 10.2 Å². The van der Waals surface area contributed by atoms with Crippen LogP contribution in [-0.4, -0.2) is 29.2 Å². The molecule has 0 bridgehead atoms. The van der Waals surface area contributed by atoms with Crippen LogP contribution in [0.2, 0.25) is 0 Å². The number of aromatic nitrogens is 2. The van der Waals surface area contributed by atoms with Crippen LogP contribution in [0.1, 0.15) is 17.8 Å². The second-order valence-corrected chi connectivity index (χ2v) is 4.71. The first-order chi connectivity index (χ1) is 9.56. The van der Waals surface area contributed by atoms with Gasteiger partial charge in [-0.2, -0.15) is 10.4 Å². The zero-order valence-electron chi connectivity index (χ0n) is 11.2. The molecule has 1 atom stereocenters. The summed E-state index contributed by atoms with van der Waals surface area (Å²) in [6.07, 6.45) is 1.95. The first-order valence-corrected chi connectivity index (χ1v) is 6.27. The van der Waals surface area contributed by atoms with Crippen molar-refractivity contribution in [3.8, 4) is 6.07 Å². The van der Waals surface area contributed by atoms with Gasteiger partial charge in [0.05, 0.1) is 28.9 Å². The van der Waals surface area contributed by atoms with Crippen molar-refractivity contribution in [1.29, 1.82) is 5.26 Å². The molecule has 1 aliphatic rings. The van der Waals surface area contributed by atoms with Gasteiger partial charge in [0, 0.05) is 19.3 Å². The van der Waals surface area contributed by atoms with Gasteiger partial charge in [-0.1, -0.05) is 0 Å². The minimum atomic E-state index is -0.645. The number of amides is 1. The van der Waals surface area contributed by atoms with Crippen LogP contribution in [-0.2, 0) is 4.79 Å². The number of nitrogens with two attached hydrogens (primary N) is 2. The monoisotopic (exact) mass is 272 g/mol. The van der Waals surface area contributed by atoms with Crippen LogP contribution < -0.4 is 16.4 Å². The Morgan fingerprint density at radius 2 is 2.35 bits per heavy atom. The number of anilines is 1. The van der Waals surface area contributed by atoms with E-state index in [4.69, 9.17) is 16.7 Å². The Balaban J connectivity index is 2.35. The fourth-order valence-electron chi connectivity index (χ4n) is 2.27. The van der Waals surface area contributed by atoms with Gasteiger partial charge in [0.2, 0.25) is 0 Å². The molecule has 0 spiro atoms. The summed E-state index contributed by atoms with van der Waals surface area (Å²) in [4.78, 5) is 13.4. The molecule has 104 valence electrons. The standard InChI is InChI=1S/C13H16N6O/c1-8-12(19-3-2-9(5-14)7-19)4-11(18-17-8)10(6-15)13(16)20/h4,6,9H,2-3,7,15H2,1H3,(H2,16,20)/b10-6-/t9-/m1/s1. The highest BCUT2D eigenvalue weighted by atomic mass is 16.1. The van der Waals surface area contributed by atoms with Gasteiger partial charge in [-0.3, -0.25) is 4.79 Å². The largest absolute Gasteiger partial charge is 0.404 e. The van der Waals surface area contributed by atoms with Crippen LogP contribution >= 0.6 is 0 Å². The molecule has 1 aromatic rings. The van der Waals surface area contributed by atoms with Crippen LogP contribution in [0.3, 0.4) is 0 Å². The predicted octanol–water partition coefficient (Wildman–Crippen LogP) is -0.0802. The number of nitrogens with zero attached hydrogens (tertiary/aromatic N) is 4. The van der Waals surface area contributed by atoms with Crippen LogP contribution in [0.4, 0.5) is 5.69 Å². The Morgan fingerprint density at radius 3 is 2.90 bits per heavy atom. The van der Waals surface area contributed by atoms with Gasteiger partial charge in [0.1, 0.15) is 5.69 Å². The third-order valence-corrected chi connectivity index (χ3v) is 3.37.